The fraction of sp³-hybridized carbons (Fsp3) is 0.889. The fourth-order valence-corrected chi connectivity index (χ4v) is 0.956. The normalized spacial score (nSPS) is 21.6. The summed E-state index contributed by atoms with van der Waals surface area (Å²) in [7, 11) is 0.826. The Bertz CT molecular complexity index is 190. The number of nitrogens with one attached hydrogen (secondary N) is 1. The third-order valence-corrected chi connectivity index (χ3v) is 2.78. The van der Waals surface area contributed by atoms with E-state index in [1.807, 2.05) is 6.92 Å². The second kappa shape index (κ2) is 7.09. The van der Waals surface area contributed by atoms with Crippen molar-refractivity contribution in [2.24, 2.45) is 5.41 Å². The zero-order valence-electron chi connectivity index (χ0n) is 9.04. The van der Waals surface area contributed by atoms with Gasteiger partial charge in [0.05, 0.1) is 11.0 Å². The molecule has 0 aromatic rings. The maximum Gasteiger partial charge on any atom is 0.126 e. The third kappa shape index (κ3) is 6.23. The Balaban J connectivity index is 0.000000292. The number of hydrogen-bond donors (Lipinski definition) is 1. The van der Waals surface area contributed by atoms with Gasteiger partial charge in [0.1, 0.15) is 6.29 Å². The SMILES string of the molecule is CC1(C=O)CCOCC1.CNS(C)=O. The lowest BCUT2D eigenvalue weighted by atomic mass is 9.84. The van der Waals surface area contributed by atoms with Gasteiger partial charge in [0, 0.05) is 24.9 Å². The van der Waals surface area contributed by atoms with E-state index in [1.165, 1.54) is 0 Å². The van der Waals surface area contributed by atoms with E-state index in [9.17, 15) is 9.00 Å². The van der Waals surface area contributed by atoms with E-state index in [1.54, 1.807) is 13.3 Å². The van der Waals surface area contributed by atoms with Crippen molar-refractivity contribution in [2.75, 3.05) is 26.5 Å². The second-order valence-corrected chi connectivity index (χ2v) is 4.86. The molecule has 1 atom stereocenters. The van der Waals surface area contributed by atoms with Crippen molar-refractivity contribution in [3.05, 3.63) is 0 Å². The minimum atomic E-state index is -0.823. The molecule has 0 spiro atoms. The van der Waals surface area contributed by atoms with Crippen molar-refractivity contribution in [3.8, 4) is 0 Å². The van der Waals surface area contributed by atoms with Crippen LogP contribution < -0.4 is 4.72 Å². The van der Waals surface area contributed by atoms with Crippen LogP contribution in [0.15, 0.2) is 0 Å². The van der Waals surface area contributed by atoms with Gasteiger partial charge in [0.2, 0.25) is 0 Å². The summed E-state index contributed by atoms with van der Waals surface area (Å²) in [4.78, 5) is 10.4. The Hall–Kier alpha value is -0.260. The minimum Gasteiger partial charge on any atom is -0.381 e. The quantitative estimate of drug-likeness (QED) is 0.691. The first kappa shape index (κ1) is 13.7. The molecule has 0 aliphatic carbocycles. The van der Waals surface area contributed by atoms with Crippen LogP contribution in [0.2, 0.25) is 0 Å². The summed E-state index contributed by atoms with van der Waals surface area (Å²) in [6, 6.07) is 0. The third-order valence-electron chi connectivity index (χ3n) is 2.21. The highest BCUT2D eigenvalue weighted by atomic mass is 32.2. The molecule has 0 saturated carbocycles. The lowest BCUT2D eigenvalue weighted by molar-refractivity contribution is -0.120. The lowest BCUT2D eigenvalue weighted by Crippen LogP contribution is -2.27. The van der Waals surface area contributed by atoms with E-state index < -0.39 is 11.0 Å². The molecule has 1 aliphatic rings. The van der Waals surface area contributed by atoms with Crippen molar-refractivity contribution in [1.82, 2.24) is 4.72 Å². The van der Waals surface area contributed by atoms with Crippen LogP contribution in [0.4, 0.5) is 0 Å². The maximum absolute atomic E-state index is 10.4. The Morgan fingerprint density at radius 2 is 1.86 bits per heavy atom. The predicted octanol–water partition coefficient (Wildman–Crippen LogP) is 0.501. The number of ether oxygens (including phenoxy) is 1. The van der Waals surface area contributed by atoms with Crippen molar-refractivity contribution < 1.29 is 13.7 Å². The lowest BCUT2D eigenvalue weighted by Gasteiger charge is -2.27. The van der Waals surface area contributed by atoms with Gasteiger partial charge in [-0.1, -0.05) is 6.92 Å². The van der Waals surface area contributed by atoms with Crippen molar-refractivity contribution in [3.63, 3.8) is 0 Å². The van der Waals surface area contributed by atoms with Gasteiger partial charge in [-0.2, -0.15) is 0 Å². The van der Waals surface area contributed by atoms with Gasteiger partial charge in [-0.15, -0.1) is 0 Å². The van der Waals surface area contributed by atoms with E-state index in [4.69, 9.17) is 4.74 Å². The standard InChI is InChI=1S/C7H12O2.C2H7NOS/c1-7(6-8)2-4-9-5-3-7;1-3-5(2)4/h6H,2-5H2,1H3;3H,1-2H3. The topological polar surface area (TPSA) is 55.4 Å². The highest BCUT2D eigenvalue weighted by Crippen LogP contribution is 2.26. The van der Waals surface area contributed by atoms with Crippen molar-refractivity contribution in [1.29, 1.82) is 0 Å². The van der Waals surface area contributed by atoms with Gasteiger partial charge < -0.3 is 9.53 Å². The molecule has 0 radical (unpaired) electrons. The molecule has 4 nitrogen and oxygen atoms in total. The molecule has 1 fully saturated rings. The molecular weight excluding hydrogens is 202 g/mol. The average molecular weight is 221 g/mol. The van der Waals surface area contributed by atoms with E-state index >= 15 is 0 Å². The number of aldehydes is 1. The fourth-order valence-electron chi connectivity index (χ4n) is 0.956. The van der Waals surface area contributed by atoms with Crippen LogP contribution in [0.1, 0.15) is 19.8 Å². The summed E-state index contributed by atoms with van der Waals surface area (Å²) >= 11 is 0. The van der Waals surface area contributed by atoms with Gasteiger partial charge in [-0.05, 0) is 19.9 Å². The Morgan fingerprint density at radius 3 is 2.07 bits per heavy atom. The molecule has 14 heavy (non-hydrogen) atoms. The molecule has 1 N–H and O–H groups in total. The first-order valence-corrected chi connectivity index (χ1v) is 6.15. The minimum absolute atomic E-state index is 0.0851. The molecular formula is C9H19NO3S. The first-order chi connectivity index (χ1) is 6.54. The van der Waals surface area contributed by atoms with E-state index in [0.717, 1.165) is 32.3 Å². The van der Waals surface area contributed by atoms with Crippen LogP contribution >= 0.6 is 0 Å². The van der Waals surface area contributed by atoms with Gasteiger partial charge in [0.15, 0.2) is 0 Å². The van der Waals surface area contributed by atoms with Crippen LogP contribution in [-0.4, -0.2) is 37.0 Å². The molecule has 1 saturated heterocycles. The summed E-state index contributed by atoms with van der Waals surface area (Å²) < 4.78 is 17.4. The summed E-state index contributed by atoms with van der Waals surface area (Å²) in [6.45, 7) is 3.48. The zero-order valence-corrected chi connectivity index (χ0v) is 9.86. The molecule has 0 aromatic heterocycles. The predicted molar refractivity (Wildman–Crippen MR) is 57.4 cm³/mol. The average Bonchev–Trinajstić information content (AvgIpc) is 2.20. The summed E-state index contributed by atoms with van der Waals surface area (Å²) in [5, 5.41) is 0. The zero-order chi connectivity index (χ0) is 11.0. The maximum atomic E-state index is 10.4. The molecule has 0 bridgehead atoms. The summed E-state index contributed by atoms with van der Waals surface area (Å²) in [5.41, 5.74) is -0.0851. The first-order valence-electron chi connectivity index (χ1n) is 4.59. The van der Waals surface area contributed by atoms with E-state index in [-0.39, 0.29) is 5.41 Å². The van der Waals surface area contributed by atoms with E-state index in [2.05, 4.69) is 4.72 Å². The monoisotopic (exact) mass is 221 g/mol. The number of hydrogen-bond acceptors (Lipinski definition) is 3. The van der Waals surface area contributed by atoms with Gasteiger partial charge in [-0.25, -0.2) is 8.93 Å². The Kier molecular flexibility index (Phi) is 6.96. The van der Waals surface area contributed by atoms with Crippen LogP contribution in [0.3, 0.4) is 0 Å². The van der Waals surface area contributed by atoms with Crippen molar-refractivity contribution in [2.45, 2.75) is 19.8 Å². The Morgan fingerprint density at radius 1 is 1.43 bits per heavy atom. The largest absolute Gasteiger partial charge is 0.381 e. The molecule has 5 heteroatoms. The molecule has 84 valence electrons. The number of rotatable bonds is 2. The molecule has 1 unspecified atom stereocenters. The molecule has 0 amide bonds. The van der Waals surface area contributed by atoms with Crippen molar-refractivity contribution >= 4 is 17.3 Å². The summed E-state index contributed by atoms with van der Waals surface area (Å²) in [6.07, 6.45) is 4.41. The van der Waals surface area contributed by atoms with E-state index in [0.29, 0.717) is 0 Å². The second-order valence-electron chi connectivity index (χ2n) is 3.54. The van der Waals surface area contributed by atoms with Gasteiger partial charge >= 0.3 is 0 Å². The van der Waals surface area contributed by atoms with Crippen LogP contribution in [0, 0.1) is 5.41 Å². The molecule has 1 heterocycles. The number of carbonyl (C=O) groups excluding carboxylic acids is 1. The highest BCUT2D eigenvalue weighted by molar-refractivity contribution is 7.82. The molecule has 0 aromatic carbocycles. The van der Waals surface area contributed by atoms with Crippen LogP contribution in [0.25, 0.3) is 0 Å². The molecule has 1 rings (SSSR count). The smallest absolute Gasteiger partial charge is 0.126 e. The number of carbonyl (C=O) groups is 1. The summed E-state index contributed by atoms with van der Waals surface area (Å²) in [5.74, 6) is 0. The van der Waals surface area contributed by atoms with Crippen LogP contribution in [-0.2, 0) is 20.5 Å². The van der Waals surface area contributed by atoms with Gasteiger partial charge in [-0.3, -0.25) is 0 Å². The van der Waals surface area contributed by atoms with Crippen LogP contribution in [0.5, 0.6) is 0 Å². The highest BCUT2D eigenvalue weighted by Gasteiger charge is 2.25. The molecule has 1 aliphatic heterocycles. The Labute approximate surface area is 88.0 Å². The van der Waals surface area contributed by atoms with Gasteiger partial charge in [0.25, 0.3) is 0 Å².